The second-order valence-electron chi connectivity index (χ2n) is 6.30. The van der Waals surface area contributed by atoms with E-state index in [1.165, 1.54) is 17.2 Å². The molecular weight excluding hydrogens is 354 g/mol. The summed E-state index contributed by atoms with van der Waals surface area (Å²) in [6, 6.07) is 6.78. The topological polar surface area (TPSA) is 146 Å². The molecule has 1 aromatic carbocycles. The highest BCUT2D eigenvalue weighted by molar-refractivity contribution is 5.82. The number of hydrogen-bond donors (Lipinski definition) is 5. The fourth-order valence-electron chi connectivity index (χ4n) is 3.08. The van der Waals surface area contributed by atoms with Crippen molar-refractivity contribution in [3.8, 4) is 5.75 Å². The highest BCUT2D eigenvalue weighted by atomic mass is 16.6. The van der Waals surface area contributed by atoms with Gasteiger partial charge in [0.15, 0.2) is 23.2 Å². The summed E-state index contributed by atoms with van der Waals surface area (Å²) in [5.41, 5.74) is 1.85. The molecule has 27 heavy (non-hydrogen) atoms. The molecule has 3 heterocycles. The van der Waals surface area contributed by atoms with Gasteiger partial charge >= 0.3 is 0 Å². The number of fused-ring (bicyclic) bond motifs is 1. The van der Waals surface area contributed by atoms with Crippen molar-refractivity contribution < 1.29 is 25.2 Å². The van der Waals surface area contributed by atoms with Gasteiger partial charge in [-0.05, 0) is 17.7 Å². The second-order valence-corrected chi connectivity index (χ2v) is 6.30. The highest BCUT2D eigenvalue weighted by Crippen LogP contribution is 2.32. The zero-order valence-electron chi connectivity index (χ0n) is 14.2. The number of nitrogens with zero attached hydrogens (tertiary/aromatic N) is 4. The number of imidazole rings is 1. The number of phenols is 1. The van der Waals surface area contributed by atoms with Crippen molar-refractivity contribution >= 4 is 17.0 Å². The predicted octanol–water partition coefficient (Wildman–Crippen LogP) is -0.245. The largest absolute Gasteiger partial charge is 0.508 e. The Morgan fingerprint density at radius 2 is 1.85 bits per heavy atom. The van der Waals surface area contributed by atoms with Gasteiger partial charge < -0.3 is 30.5 Å². The Morgan fingerprint density at radius 3 is 2.56 bits per heavy atom. The third-order valence-electron chi connectivity index (χ3n) is 4.55. The average molecular weight is 373 g/mol. The first-order chi connectivity index (χ1) is 13.1. The van der Waals surface area contributed by atoms with E-state index in [1.54, 1.807) is 24.3 Å². The Morgan fingerprint density at radius 1 is 1.07 bits per heavy atom. The molecule has 0 amide bonds. The van der Waals surface area contributed by atoms with Crippen LogP contribution in [0.3, 0.4) is 0 Å². The van der Waals surface area contributed by atoms with Crippen LogP contribution in [0.5, 0.6) is 5.75 Å². The third-order valence-corrected chi connectivity index (χ3v) is 4.55. The monoisotopic (exact) mass is 373 g/mol. The maximum absolute atomic E-state index is 10.2. The summed E-state index contributed by atoms with van der Waals surface area (Å²) in [6.07, 6.45) is -1.40. The average Bonchev–Trinajstić information content (AvgIpc) is 3.23. The lowest BCUT2D eigenvalue weighted by atomic mass is 10.1. The Labute approximate surface area is 153 Å². The van der Waals surface area contributed by atoms with Crippen LogP contribution in [0.1, 0.15) is 11.8 Å². The Bertz CT molecular complexity index is 931. The molecule has 142 valence electrons. The van der Waals surface area contributed by atoms with Crippen LogP contribution in [0.15, 0.2) is 36.9 Å². The van der Waals surface area contributed by atoms with Crippen LogP contribution in [-0.2, 0) is 11.3 Å². The fourth-order valence-corrected chi connectivity index (χ4v) is 3.08. The molecule has 0 radical (unpaired) electrons. The van der Waals surface area contributed by atoms with Crippen LogP contribution < -0.4 is 5.32 Å². The van der Waals surface area contributed by atoms with Crippen LogP contribution >= 0.6 is 0 Å². The first-order valence-electron chi connectivity index (χ1n) is 8.40. The predicted molar refractivity (Wildman–Crippen MR) is 93.8 cm³/mol. The zero-order valence-corrected chi connectivity index (χ0v) is 14.2. The summed E-state index contributed by atoms with van der Waals surface area (Å²) in [6.45, 7) is 0.0584. The molecule has 0 bridgehead atoms. The third kappa shape index (κ3) is 3.19. The van der Waals surface area contributed by atoms with E-state index in [0.717, 1.165) is 5.56 Å². The number of nitrogens with one attached hydrogen (secondary N) is 1. The van der Waals surface area contributed by atoms with E-state index in [9.17, 15) is 20.4 Å². The Kier molecular flexibility index (Phi) is 4.62. The number of anilines is 1. The molecule has 0 saturated carbocycles. The lowest BCUT2D eigenvalue weighted by molar-refractivity contribution is -0.0511. The minimum Gasteiger partial charge on any atom is -0.508 e. The van der Waals surface area contributed by atoms with Crippen molar-refractivity contribution in [3.63, 3.8) is 0 Å². The normalized spacial score (nSPS) is 25.1. The second kappa shape index (κ2) is 7.08. The van der Waals surface area contributed by atoms with Crippen LogP contribution in [0.4, 0.5) is 5.82 Å². The van der Waals surface area contributed by atoms with Gasteiger partial charge in [0.1, 0.15) is 30.4 Å². The van der Waals surface area contributed by atoms with Gasteiger partial charge in [0.2, 0.25) is 0 Å². The van der Waals surface area contributed by atoms with E-state index in [1.807, 2.05) is 0 Å². The number of aliphatic hydroxyl groups is 3. The number of aromatic hydroxyl groups is 1. The van der Waals surface area contributed by atoms with Crippen molar-refractivity contribution in [2.24, 2.45) is 0 Å². The molecule has 10 nitrogen and oxygen atoms in total. The molecule has 4 rings (SSSR count). The lowest BCUT2D eigenvalue weighted by Gasteiger charge is -2.16. The van der Waals surface area contributed by atoms with E-state index in [-0.39, 0.29) is 5.75 Å². The summed E-state index contributed by atoms with van der Waals surface area (Å²) in [5, 5.41) is 41.9. The number of aromatic nitrogens is 4. The number of phenolic OH excluding ortho intramolecular Hbond substituents is 1. The van der Waals surface area contributed by atoms with Gasteiger partial charge in [-0.2, -0.15) is 0 Å². The van der Waals surface area contributed by atoms with E-state index < -0.39 is 31.1 Å². The molecule has 3 aromatic rings. The van der Waals surface area contributed by atoms with Crippen molar-refractivity contribution in [2.75, 3.05) is 11.9 Å². The molecular formula is C17H19N5O5. The van der Waals surface area contributed by atoms with Gasteiger partial charge in [-0.1, -0.05) is 12.1 Å². The first-order valence-corrected chi connectivity index (χ1v) is 8.40. The first kappa shape index (κ1) is 17.6. The molecule has 0 spiro atoms. The number of aliphatic hydroxyl groups excluding tert-OH is 3. The quantitative estimate of drug-likeness (QED) is 0.409. The number of ether oxygens (including phenoxy) is 1. The van der Waals surface area contributed by atoms with Crippen molar-refractivity contribution in [1.82, 2.24) is 19.5 Å². The molecule has 1 fully saturated rings. The van der Waals surface area contributed by atoms with Gasteiger partial charge in [0, 0.05) is 6.54 Å². The van der Waals surface area contributed by atoms with E-state index in [0.29, 0.717) is 23.5 Å². The molecule has 0 aliphatic carbocycles. The number of rotatable bonds is 5. The summed E-state index contributed by atoms with van der Waals surface area (Å²) in [4.78, 5) is 12.7. The number of hydrogen-bond acceptors (Lipinski definition) is 9. The molecule has 1 saturated heterocycles. The zero-order chi connectivity index (χ0) is 19.0. The summed E-state index contributed by atoms with van der Waals surface area (Å²) in [7, 11) is 0. The molecule has 5 N–H and O–H groups in total. The van der Waals surface area contributed by atoms with Gasteiger partial charge in [0.05, 0.1) is 12.9 Å². The minimum atomic E-state index is -1.22. The molecule has 1 aliphatic heterocycles. The summed E-state index contributed by atoms with van der Waals surface area (Å²) in [5.74, 6) is 0.694. The standard InChI is InChI=1S/C17H19N5O5/c23-6-11-13(25)14(26)17(27-11)22-8-21-12-15(19-7-20-16(12)22)18-5-9-1-3-10(24)4-2-9/h1-4,7-8,11,13-14,17,23-26H,5-6H2,(H,18,19,20)/t11-,13+,14+,17-/m1/s1. The van der Waals surface area contributed by atoms with Crippen LogP contribution in [0, 0.1) is 0 Å². The highest BCUT2D eigenvalue weighted by Gasteiger charge is 2.44. The smallest absolute Gasteiger partial charge is 0.167 e. The van der Waals surface area contributed by atoms with Crippen LogP contribution in [0.25, 0.3) is 11.2 Å². The van der Waals surface area contributed by atoms with Crippen molar-refractivity contribution in [3.05, 3.63) is 42.5 Å². The summed E-state index contributed by atoms with van der Waals surface area (Å²) < 4.78 is 7.04. The van der Waals surface area contributed by atoms with Crippen molar-refractivity contribution in [1.29, 1.82) is 0 Å². The van der Waals surface area contributed by atoms with Crippen LogP contribution in [-0.4, -0.2) is 64.9 Å². The Balaban J connectivity index is 1.59. The molecule has 1 aliphatic rings. The Hall–Kier alpha value is -2.79. The van der Waals surface area contributed by atoms with E-state index in [2.05, 4.69) is 20.3 Å². The van der Waals surface area contributed by atoms with Gasteiger partial charge in [0.25, 0.3) is 0 Å². The maximum Gasteiger partial charge on any atom is 0.167 e. The van der Waals surface area contributed by atoms with Gasteiger partial charge in [-0.25, -0.2) is 15.0 Å². The molecule has 2 aromatic heterocycles. The van der Waals surface area contributed by atoms with Gasteiger partial charge in [-0.15, -0.1) is 0 Å². The molecule has 4 atom stereocenters. The SMILES string of the molecule is OC[C@H]1O[C@@H](n2cnc3c(NCc4ccc(O)cc4)ncnc32)[C@@H](O)[C@H]1O. The molecule has 10 heteroatoms. The number of benzene rings is 1. The van der Waals surface area contributed by atoms with E-state index in [4.69, 9.17) is 4.74 Å². The summed E-state index contributed by atoms with van der Waals surface area (Å²) >= 11 is 0. The molecule has 0 unspecified atom stereocenters. The van der Waals surface area contributed by atoms with Crippen LogP contribution in [0.2, 0.25) is 0 Å². The van der Waals surface area contributed by atoms with Gasteiger partial charge in [-0.3, -0.25) is 4.57 Å². The maximum atomic E-state index is 10.2. The van der Waals surface area contributed by atoms with Crippen molar-refractivity contribution in [2.45, 2.75) is 31.1 Å². The fraction of sp³-hybridized carbons (Fsp3) is 0.353. The minimum absolute atomic E-state index is 0.195. The lowest BCUT2D eigenvalue weighted by Crippen LogP contribution is -2.33. The van der Waals surface area contributed by atoms with E-state index >= 15 is 0 Å².